The molecule has 0 spiro atoms. The third-order valence-electron chi connectivity index (χ3n) is 5.13. The van der Waals surface area contributed by atoms with Crippen LogP contribution in [-0.4, -0.2) is 23.1 Å². The largest absolute Gasteiger partial charge is 0.452 e. The molecule has 0 radical (unpaired) electrons. The Kier molecular flexibility index (Phi) is 6.95. The van der Waals surface area contributed by atoms with Crippen LogP contribution in [0.1, 0.15) is 21.7 Å². The molecule has 1 amide bonds. The van der Waals surface area contributed by atoms with Crippen LogP contribution in [0.5, 0.6) is 0 Å². The molecular weight excluding hydrogens is 432 g/mol. The second-order valence-corrected chi connectivity index (χ2v) is 8.61. The lowest BCUT2D eigenvalue weighted by atomic mass is 10.2. The summed E-state index contributed by atoms with van der Waals surface area (Å²) in [6.07, 6.45) is 0. The Bertz CT molecular complexity index is 1270. The lowest BCUT2D eigenvalue weighted by molar-refractivity contribution is -0.119. The third kappa shape index (κ3) is 5.35. The zero-order valence-electron chi connectivity index (χ0n) is 18.4. The Hall–Kier alpha value is -3.77. The maximum absolute atomic E-state index is 12.7. The molecule has 166 valence electrons. The van der Waals surface area contributed by atoms with Gasteiger partial charge < -0.3 is 14.6 Å². The summed E-state index contributed by atoms with van der Waals surface area (Å²) in [5, 5.41) is 2.85. The predicted octanol–water partition coefficient (Wildman–Crippen LogP) is 6.04. The fraction of sp³-hybridized carbons (Fsp3) is 0.111. The van der Waals surface area contributed by atoms with Gasteiger partial charge in [0.1, 0.15) is 0 Å². The zero-order valence-corrected chi connectivity index (χ0v) is 19.3. The maximum atomic E-state index is 12.7. The van der Waals surface area contributed by atoms with Gasteiger partial charge in [0.15, 0.2) is 6.61 Å². The summed E-state index contributed by atoms with van der Waals surface area (Å²) in [4.78, 5) is 27.2. The number of aryl methyl sites for hydroxylation is 1. The quantitative estimate of drug-likeness (QED) is 0.344. The van der Waals surface area contributed by atoms with E-state index in [1.165, 1.54) is 0 Å². The standard InChI is InChI=1S/C27H24N2O3S/c1-19-17-23(20(2)29(19)21-11-5-3-6-12-21)27(31)32-18-26(30)28-24-15-9-10-16-25(24)33-22-13-7-4-8-14-22/h3-17H,18H2,1-2H3,(H,28,30). The molecule has 0 bridgehead atoms. The SMILES string of the molecule is Cc1cc(C(=O)OCC(=O)Nc2ccccc2Sc2ccccc2)c(C)n1-c1ccccc1. The Morgan fingerprint density at radius 2 is 1.52 bits per heavy atom. The van der Waals surface area contributed by atoms with Gasteiger partial charge >= 0.3 is 5.97 Å². The molecule has 5 nitrogen and oxygen atoms in total. The number of aromatic nitrogens is 1. The molecule has 0 saturated carbocycles. The maximum Gasteiger partial charge on any atom is 0.340 e. The van der Waals surface area contributed by atoms with E-state index in [0.717, 1.165) is 26.9 Å². The second kappa shape index (κ2) is 10.2. The average molecular weight is 457 g/mol. The van der Waals surface area contributed by atoms with E-state index in [0.29, 0.717) is 11.3 Å². The van der Waals surface area contributed by atoms with Gasteiger partial charge in [-0.15, -0.1) is 0 Å². The first-order chi connectivity index (χ1) is 16.0. The molecule has 33 heavy (non-hydrogen) atoms. The van der Waals surface area contributed by atoms with E-state index >= 15 is 0 Å². The zero-order chi connectivity index (χ0) is 23.2. The van der Waals surface area contributed by atoms with Crippen molar-refractivity contribution in [3.63, 3.8) is 0 Å². The van der Waals surface area contributed by atoms with Gasteiger partial charge in [0.2, 0.25) is 0 Å². The number of benzene rings is 3. The minimum absolute atomic E-state index is 0.363. The summed E-state index contributed by atoms with van der Waals surface area (Å²) in [6.45, 7) is 3.44. The van der Waals surface area contributed by atoms with Crippen LogP contribution in [0.4, 0.5) is 5.69 Å². The van der Waals surface area contributed by atoms with E-state index in [9.17, 15) is 9.59 Å². The van der Waals surface area contributed by atoms with Gasteiger partial charge in [0, 0.05) is 26.9 Å². The molecular formula is C27H24N2O3S. The fourth-order valence-electron chi connectivity index (χ4n) is 3.61. The molecule has 0 fully saturated rings. The summed E-state index contributed by atoms with van der Waals surface area (Å²) in [7, 11) is 0. The predicted molar refractivity (Wildman–Crippen MR) is 131 cm³/mol. The molecule has 4 rings (SSSR count). The number of esters is 1. The second-order valence-electron chi connectivity index (χ2n) is 7.49. The van der Waals surface area contributed by atoms with Gasteiger partial charge in [0.05, 0.1) is 11.3 Å². The van der Waals surface area contributed by atoms with Gasteiger partial charge in [0.25, 0.3) is 5.91 Å². The van der Waals surface area contributed by atoms with E-state index in [-0.39, 0.29) is 12.5 Å². The molecule has 0 aliphatic rings. The average Bonchev–Trinajstić information content (AvgIpc) is 3.14. The normalized spacial score (nSPS) is 10.6. The number of para-hydroxylation sites is 2. The van der Waals surface area contributed by atoms with E-state index in [2.05, 4.69) is 5.32 Å². The summed E-state index contributed by atoms with van der Waals surface area (Å²) in [5.74, 6) is -0.909. The molecule has 0 unspecified atom stereocenters. The Labute approximate surface area is 197 Å². The molecule has 0 aliphatic heterocycles. The number of rotatable bonds is 7. The van der Waals surface area contributed by atoms with Crippen LogP contribution in [0.3, 0.4) is 0 Å². The van der Waals surface area contributed by atoms with Crippen molar-refractivity contribution < 1.29 is 14.3 Å². The Morgan fingerprint density at radius 1 is 0.879 bits per heavy atom. The highest BCUT2D eigenvalue weighted by atomic mass is 32.2. The van der Waals surface area contributed by atoms with Crippen LogP contribution in [0.25, 0.3) is 5.69 Å². The van der Waals surface area contributed by atoms with Crippen LogP contribution in [-0.2, 0) is 9.53 Å². The van der Waals surface area contributed by atoms with Crippen molar-refractivity contribution in [2.24, 2.45) is 0 Å². The number of anilines is 1. The number of nitrogens with one attached hydrogen (secondary N) is 1. The molecule has 1 aromatic heterocycles. The number of carbonyl (C=O) groups excluding carboxylic acids is 2. The van der Waals surface area contributed by atoms with Crippen LogP contribution in [0, 0.1) is 13.8 Å². The lowest BCUT2D eigenvalue weighted by Crippen LogP contribution is -2.21. The van der Waals surface area contributed by atoms with E-state index in [1.54, 1.807) is 17.8 Å². The van der Waals surface area contributed by atoms with Gasteiger partial charge in [-0.25, -0.2) is 4.79 Å². The van der Waals surface area contributed by atoms with Gasteiger partial charge in [-0.1, -0.05) is 60.3 Å². The highest BCUT2D eigenvalue weighted by Gasteiger charge is 2.19. The molecule has 1 heterocycles. The molecule has 0 aliphatic carbocycles. The van der Waals surface area contributed by atoms with E-state index in [4.69, 9.17) is 4.74 Å². The summed E-state index contributed by atoms with van der Waals surface area (Å²) < 4.78 is 7.33. The molecule has 6 heteroatoms. The van der Waals surface area contributed by atoms with Crippen LogP contribution >= 0.6 is 11.8 Å². The summed E-state index contributed by atoms with van der Waals surface area (Å²) in [6, 6.07) is 29.1. The molecule has 4 aromatic rings. The number of hydrogen-bond donors (Lipinski definition) is 1. The van der Waals surface area contributed by atoms with Crippen molar-refractivity contribution >= 4 is 29.3 Å². The lowest BCUT2D eigenvalue weighted by Gasteiger charge is -2.11. The Morgan fingerprint density at radius 3 is 2.24 bits per heavy atom. The summed E-state index contributed by atoms with van der Waals surface area (Å²) in [5.41, 5.74) is 3.78. The highest BCUT2D eigenvalue weighted by molar-refractivity contribution is 7.99. The van der Waals surface area contributed by atoms with E-state index in [1.807, 2.05) is 103 Å². The van der Waals surface area contributed by atoms with Crippen molar-refractivity contribution in [3.05, 3.63) is 108 Å². The van der Waals surface area contributed by atoms with Crippen molar-refractivity contribution in [1.82, 2.24) is 4.57 Å². The van der Waals surface area contributed by atoms with Crippen molar-refractivity contribution in [2.75, 3.05) is 11.9 Å². The van der Waals surface area contributed by atoms with Gasteiger partial charge in [-0.05, 0) is 56.3 Å². The van der Waals surface area contributed by atoms with Crippen LogP contribution < -0.4 is 5.32 Å². The smallest absolute Gasteiger partial charge is 0.340 e. The number of hydrogen-bond acceptors (Lipinski definition) is 4. The van der Waals surface area contributed by atoms with Gasteiger partial charge in [-0.3, -0.25) is 4.79 Å². The van der Waals surface area contributed by atoms with Crippen LogP contribution in [0.15, 0.2) is 101 Å². The minimum atomic E-state index is -0.521. The van der Waals surface area contributed by atoms with Crippen molar-refractivity contribution in [2.45, 2.75) is 23.6 Å². The topological polar surface area (TPSA) is 60.3 Å². The molecule has 1 N–H and O–H groups in total. The third-order valence-corrected chi connectivity index (χ3v) is 6.22. The monoisotopic (exact) mass is 456 g/mol. The first-order valence-electron chi connectivity index (χ1n) is 10.6. The van der Waals surface area contributed by atoms with E-state index < -0.39 is 5.97 Å². The molecule has 0 saturated heterocycles. The fourth-order valence-corrected chi connectivity index (χ4v) is 4.54. The highest BCUT2D eigenvalue weighted by Crippen LogP contribution is 2.33. The Balaban J connectivity index is 1.41. The number of ether oxygens (including phenoxy) is 1. The first kappa shape index (κ1) is 22.4. The van der Waals surface area contributed by atoms with Crippen molar-refractivity contribution in [1.29, 1.82) is 0 Å². The van der Waals surface area contributed by atoms with Gasteiger partial charge in [-0.2, -0.15) is 0 Å². The molecule has 0 atom stereocenters. The first-order valence-corrected chi connectivity index (χ1v) is 11.4. The van der Waals surface area contributed by atoms with Crippen molar-refractivity contribution in [3.8, 4) is 5.69 Å². The number of nitrogens with zero attached hydrogens (tertiary/aromatic N) is 1. The van der Waals surface area contributed by atoms with Crippen LogP contribution in [0.2, 0.25) is 0 Å². The molecule has 3 aromatic carbocycles. The summed E-state index contributed by atoms with van der Waals surface area (Å²) >= 11 is 1.56. The number of carbonyl (C=O) groups is 2. The number of amides is 1. The minimum Gasteiger partial charge on any atom is -0.452 e.